The molecule has 0 unspecified atom stereocenters. The fourth-order valence-electron chi connectivity index (χ4n) is 0.228. The van der Waals surface area contributed by atoms with E-state index < -0.39 is 0 Å². The van der Waals surface area contributed by atoms with E-state index in [1.165, 1.54) is 0 Å². The first kappa shape index (κ1) is 5.52. The van der Waals surface area contributed by atoms with E-state index in [1.807, 2.05) is 6.92 Å². The third kappa shape index (κ3) is 3.52. The molecule has 0 aromatic carbocycles. The second-order valence-electron chi connectivity index (χ2n) is 1.18. The molecule has 0 aliphatic carbocycles. The fourth-order valence-corrected chi connectivity index (χ4v) is 0.228. The van der Waals surface area contributed by atoms with Gasteiger partial charge in [-0.05, 0) is 13.8 Å². The summed E-state index contributed by atoms with van der Waals surface area (Å²) >= 11 is 0. The highest BCUT2D eigenvalue weighted by Crippen LogP contribution is 1.63. The molecule has 2 N–H and O–H groups in total. The molecule has 0 radical (unpaired) electrons. The molecule has 0 aromatic heterocycles. The lowest BCUT2D eigenvalue weighted by Gasteiger charge is -1.83. The van der Waals surface area contributed by atoms with Gasteiger partial charge in [0.25, 0.3) is 0 Å². The van der Waals surface area contributed by atoms with Crippen molar-refractivity contribution in [2.24, 2.45) is 5.73 Å². The summed E-state index contributed by atoms with van der Waals surface area (Å²) in [5, 5.41) is 0. The van der Waals surface area contributed by atoms with Crippen LogP contribution in [-0.2, 0) is 0 Å². The van der Waals surface area contributed by atoms with Crippen LogP contribution in [0.15, 0.2) is 0 Å². The van der Waals surface area contributed by atoms with Gasteiger partial charge < -0.3 is 5.73 Å². The van der Waals surface area contributed by atoms with Gasteiger partial charge in [0, 0.05) is 0 Å². The van der Waals surface area contributed by atoms with Crippen LogP contribution in [0.5, 0.6) is 0 Å². The minimum Gasteiger partial charge on any atom is -0.318 e. The molecule has 0 saturated carbocycles. The lowest BCUT2D eigenvalue weighted by atomic mass is 10.4. The van der Waals surface area contributed by atoms with E-state index in [1.54, 1.807) is 6.92 Å². The van der Waals surface area contributed by atoms with Crippen molar-refractivity contribution in [1.29, 1.82) is 0 Å². The van der Waals surface area contributed by atoms with Gasteiger partial charge in [-0.25, -0.2) is 0 Å². The van der Waals surface area contributed by atoms with Gasteiger partial charge in [0.2, 0.25) is 0 Å². The van der Waals surface area contributed by atoms with Gasteiger partial charge in [-0.3, -0.25) is 0 Å². The summed E-state index contributed by atoms with van der Waals surface area (Å²) in [6.07, 6.45) is 0. The van der Waals surface area contributed by atoms with Crippen molar-refractivity contribution in [3.8, 4) is 11.8 Å². The second-order valence-corrected chi connectivity index (χ2v) is 1.18. The van der Waals surface area contributed by atoms with Crippen molar-refractivity contribution in [2.45, 2.75) is 19.9 Å². The smallest absolute Gasteiger partial charge is 0.0635 e. The highest BCUT2D eigenvalue weighted by molar-refractivity contribution is 5.01. The molecular weight excluding hydrogens is 74.1 g/mol. The fraction of sp³-hybridized carbons (Fsp3) is 0.600. The second kappa shape index (κ2) is 2.74. The van der Waals surface area contributed by atoms with E-state index in [0.717, 1.165) is 0 Å². The Balaban J connectivity index is 3.20. The molecule has 0 fully saturated rings. The van der Waals surface area contributed by atoms with Crippen molar-refractivity contribution in [2.75, 3.05) is 0 Å². The number of hydrogen-bond donors (Lipinski definition) is 1. The summed E-state index contributed by atoms with van der Waals surface area (Å²) in [6, 6.07) is 0.0370. The van der Waals surface area contributed by atoms with Crippen molar-refractivity contribution < 1.29 is 0 Å². The molecule has 6 heavy (non-hydrogen) atoms. The molecule has 0 spiro atoms. The standard InChI is InChI=1S/C5H9N/c1-3-4-5(2)6/h5H,6H2,1-2H3/t5-/m1/s1. The van der Waals surface area contributed by atoms with E-state index in [4.69, 9.17) is 5.73 Å². The zero-order chi connectivity index (χ0) is 4.99. The van der Waals surface area contributed by atoms with Crippen LogP contribution in [0.1, 0.15) is 13.8 Å². The zero-order valence-electron chi connectivity index (χ0n) is 4.15. The Kier molecular flexibility index (Phi) is 2.52. The molecule has 0 aromatic rings. The number of nitrogens with two attached hydrogens (primary N) is 1. The highest BCUT2D eigenvalue weighted by atomic mass is 14.6. The van der Waals surface area contributed by atoms with E-state index in [9.17, 15) is 0 Å². The SMILES string of the molecule is CC#C[C@@H](C)N. The van der Waals surface area contributed by atoms with Crippen molar-refractivity contribution >= 4 is 0 Å². The Hall–Kier alpha value is -0.480. The Labute approximate surface area is 38.5 Å². The van der Waals surface area contributed by atoms with Crippen LogP contribution in [0.4, 0.5) is 0 Å². The van der Waals surface area contributed by atoms with Crippen LogP contribution in [0.25, 0.3) is 0 Å². The Bertz CT molecular complexity index is 73.7. The molecule has 0 saturated heterocycles. The predicted octanol–water partition coefficient (Wildman–Crippen LogP) is 0.357. The van der Waals surface area contributed by atoms with Crippen molar-refractivity contribution in [3.63, 3.8) is 0 Å². The minimum absolute atomic E-state index is 0.0370. The lowest BCUT2D eigenvalue weighted by molar-refractivity contribution is 0.959. The monoisotopic (exact) mass is 83.1 g/mol. The summed E-state index contributed by atoms with van der Waals surface area (Å²) in [5.74, 6) is 5.43. The van der Waals surface area contributed by atoms with E-state index in [0.29, 0.717) is 0 Å². The molecule has 1 nitrogen and oxygen atoms in total. The summed E-state index contributed by atoms with van der Waals surface area (Å²) in [5.41, 5.74) is 5.23. The van der Waals surface area contributed by atoms with Gasteiger partial charge in [-0.15, -0.1) is 5.92 Å². The van der Waals surface area contributed by atoms with Gasteiger partial charge in [-0.2, -0.15) is 0 Å². The first-order chi connectivity index (χ1) is 2.77. The molecule has 0 rings (SSSR count). The third-order valence-corrected chi connectivity index (χ3v) is 0.372. The summed E-state index contributed by atoms with van der Waals surface area (Å²) in [4.78, 5) is 0. The minimum atomic E-state index is 0.0370. The van der Waals surface area contributed by atoms with Crippen molar-refractivity contribution in [3.05, 3.63) is 0 Å². The van der Waals surface area contributed by atoms with E-state index >= 15 is 0 Å². The topological polar surface area (TPSA) is 26.0 Å². The molecule has 0 heterocycles. The maximum absolute atomic E-state index is 5.23. The maximum atomic E-state index is 5.23. The van der Waals surface area contributed by atoms with Gasteiger partial charge in [0.1, 0.15) is 0 Å². The lowest BCUT2D eigenvalue weighted by Crippen LogP contribution is -2.10. The van der Waals surface area contributed by atoms with Crippen molar-refractivity contribution in [1.82, 2.24) is 0 Å². The normalized spacial score (nSPS) is 11.8. The quantitative estimate of drug-likeness (QED) is 0.420. The number of hydrogen-bond acceptors (Lipinski definition) is 1. The van der Waals surface area contributed by atoms with Crippen LogP contribution < -0.4 is 5.73 Å². The zero-order valence-corrected chi connectivity index (χ0v) is 4.15. The van der Waals surface area contributed by atoms with Gasteiger partial charge >= 0.3 is 0 Å². The largest absolute Gasteiger partial charge is 0.318 e. The van der Waals surface area contributed by atoms with Crippen LogP contribution in [0.3, 0.4) is 0 Å². The summed E-state index contributed by atoms with van der Waals surface area (Å²) < 4.78 is 0. The molecule has 0 bridgehead atoms. The molecule has 1 heteroatoms. The Morgan fingerprint density at radius 1 is 1.67 bits per heavy atom. The summed E-state index contributed by atoms with van der Waals surface area (Å²) in [7, 11) is 0. The number of rotatable bonds is 0. The Morgan fingerprint density at radius 3 is 2.17 bits per heavy atom. The first-order valence-electron chi connectivity index (χ1n) is 1.95. The molecule has 1 atom stereocenters. The predicted molar refractivity (Wildman–Crippen MR) is 27.1 cm³/mol. The van der Waals surface area contributed by atoms with Crippen LogP contribution in [0.2, 0.25) is 0 Å². The average Bonchev–Trinajstić information content (AvgIpc) is 1.35. The molecular formula is C5H9N. The van der Waals surface area contributed by atoms with Gasteiger partial charge in [0.15, 0.2) is 0 Å². The average molecular weight is 83.1 g/mol. The first-order valence-corrected chi connectivity index (χ1v) is 1.95. The summed E-state index contributed by atoms with van der Waals surface area (Å²) in [6.45, 7) is 3.64. The molecule has 0 aliphatic rings. The Morgan fingerprint density at radius 2 is 2.17 bits per heavy atom. The van der Waals surface area contributed by atoms with Crippen LogP contribution in [-0.4, -0.2) is 6.04 Å². The van der Waals surface area contributed by atoms with Gasteiger partial charge in [0.05, 0.1) is 6.04 Å². The van der Waals surface area contributed by atoms with E-state index in [-0.39, 0.29) is 6.04 Å². The van der Waals surface area contributed by atoms with E-state index in [2.05, 4.69) is 11.8 Å². The molecule has 34 valence electrons. The van der Waals surface area contributed by atoms with Gasteiger partial charge in [-0.1, -0.05) is 5.92 Å². The highest BCUT2D eigenvalue weighted by Gasteiger charge is 1.75. The third-order valence-electron chi connectivity index (χ3n) is 0.372. The molecule has 0 amide bonds. The van der Waals surface area contributed by atoms with Crippen LogP contribution >= 0.6 is 0 Å². The molecule has 0 aliphatic heterocycles. The maximum Gasteiger partial charge on any atom is 0.0635 e. The van der Waals surface area contributed by atoms with Crippen LogP contribution in [0, 0.1) is 11.8 Å².